The Morgan fingerprint density at radius 3 is 2.30 bits per heavy atom. The molecule has 3 rings (SSSR count). The van der Waals surface area contributed by atoms with Crippen LogP contribution in [0.5, 0.6) is 0 Å². The maximum absolute atomic E-state index is 6.29. The van der Waals surface area contributed by atoms with Crippen LogP contribution in [-0.2, 0) is 0 Å². The summed E-state index contributed by atoms with van der Waals surface area (Å²) in [6.45, 7) is 3.69. The van der Waals surface area contributed by atoms with Gasteiger partial charge in [-0.3, -0.25) is 0 Å². The van der Waals surface area contributed by atoms with E-state index in [0.29, 0.717) is 11.8 Å². The molecule has 1 saturated carbocycles. The quantitative estimate of drug-likeness (QED) is 0.777. The number of rotatable bonds is 5. The van der Waals surface area contributed by atoms with Gasteiger partial charge in [0.1, 0.15) is 0 Å². The van der Waals surface area contributed by atoms with Crippen LogP contribution in [0.1, 0.15) is 37.7 Å². The van der Waals surface area contributed by atoms with Gasteiger partial charge in [0.05, 0.1) is 5.71 Å². The van der Waals surface area contributed by atoms with Crippen molar-refractivity contribution in [3.05, 3.63) is 72.9 Å². The molecule has 27 heavy (non-hydrogen) atoms. The summed E-state index contributed by atoms with van der Waals surface area (Å²) in [6.07, 6.45) is 14.6. The number of nitrogens with two attached hydrogens (primary N) is 2. The van der Waals surface area contributed by atoms with Crippen molar-refractivity contribution < 1.29 is 0 Å². The summed E-state index contributed by atoms with van der Waals surface area (Å²) in [7, 11) is 0. The first-order valence-corrected chi connectivity index (χ1v) is 9.85. The van der Waals surface area contributed by atoms with Gasteiger partial charge in [0, 0.05) is 36.1 Å². The van der Waals surface area contributed by atoms with Crippen LogP contribution in [0.25, 0.3) is 0 Å². The fourth-order valence-corrected chi connectivity index (χ4v) is 4.05. The van der Waals surface area contributed by atoms with E-state index in [1.165, 1.54) is 5.56 Å². The molecule has 0 saturated heterocycles. The summed E-state index contributed by atoms with van der Waals surface area (Å²) in [5.74, 6) is 0.736. The van der Waals surface area contributed by atoms with Gasteiger partial charge in [-0.25, -0.2) is 0 Å². The van der Waals surface area contributed by atoms with Crippen LogP contribution in [0, 0.1) is 11.8 Å². The summed E-state index contributed by atoms with van der Waals surface area (Å²) in [4.78, 5) is 0. The third kappa shape index (κ3) is 4.90. The van der Waals surface area contributed by atoms with E-state index in [4.69, 9.17) is 11.5 Å². The predicted octanol–water partition coefficient (Wildman–Crippen LogP) is 3.99. The van der Waals surface area contributed by atoms with E-state index in [1.807, 2.05) is 24.3 Å². The summed E-state index contributed by atoms with van der Waals surface area (Å²) < 4.78 is 0. The highest BCUT2D eigenvalue weighted by Crippen LogP contribution is 2.35. The molecule has 4 atom stereocenters. The smallest absolute Gasteiger partial charge is 0.0740 e. The second kappa shape index (κ2) is 9.58. The topological polar surface area (TPSA) is 76.8 Å². The molecular formula is C23H30N4. The second-order valence-electron chi connectivity index (χ2n) is 7.39. The molecule has 1 aromatic carbocycles. The van der Waals surface area contributed by atoms with Gasteiger partial charge < -0.3 is 11.5 Å². The van der Waals surface area contributed by atoms with Crippen LogP contribution in [0.15, 0.2) is 77.5 Å². The monoisotopic (exact) mass is 362 g/mol. The number of fused-ring (bicyclic) bond motifs is 1. The van der Waals surface area contributed by atoms with Crippen LogP contribution < -0.4 is 11.5 Å². The minimum atomic E-state index is 0.0641. The molecule has 0 bridgehead atoms. The molecule has 1 aromatic rings. The molecule has 4 N–H and O–H groups in total. The number of nitrogens with zero attached hydrogens (tertiary/aromatic N) is 2. The second-order valence-corrected chi connectivity index (χ2v) is 7.39. The minimum absolute atomic E-state index is 0.0641. The van der Waals surface area contributed by atoms with E-state index >= 15 is 0 Å². The van der Waals surface area contributed by atoms with Gasteiger partial charge in [-0.2, -0.15) is 10.2 Å². The first-order chi connectivity index (χ1) is 13.2. The fourth-order valence-electron chi connectivity index (χ4n) is 4.05. The Bertz CT molecular complexity index is 745. The summed E-state index contributed by atoms with van der Waals surface area (Å²) >= 11 is 0. The molecule has 142 valence electrons. The molecule has 0 radical (unpaired) electrons. The van der Waals surface area contributed by atoms with E-state index in [-0.39, 0.29) is 12.1 Å². The van der Waals surface area contributed by atoms with Crippen molar-refractivity contribution in [2.24, 2.45) is 33.5 Å². The number of benzene rings is 1. The van der Waals surface area contributed by atoms with E-state index in [2.05, 4.69) is 47.1 Å². The van der Waals surface area contributed by atoms with Crippen molar-refractivity contribution >= 4 is 11.4 Å². The average molecular weight is 363 g/mol. The Hall–Kier alpha value is -2.30. The highest BCUT2D eigenvalue weighted by molar-refractivity contribution is 6.07. The molecule has 4 nitrogen and oxygen atoms in total. The summed E-state index contributed by atoms with van der Waals surface area (Å²) in [6, 6.07) is 10.5. The molecule has 0 amide bonds. The first kappa shape index (κ1) is 19.5. The van der Waals surface area contributed by atoms with Crippen molar-refractivity contribution in [2.45, 2.75) is 44.2 Å². The van der Waals surface area contributed by atoms with E-state index in [1.54, 1.807) is 6.08 Å². The molecule has 4 unspecified atom stereocenters. The van der Waals surface area contributed by atoms with Gasteiger partial charge in [0.15, 0.2) is 0 Å². The largest absolute Gasteiger partial charge is 0.326 e. The van der Waals surface area contributed by atoms with Crippen LogP contribution in [-0.4, -0.2) is 23.5 Å². The predicted molar refractivity (Wildman–Crippen MR) is 115 cm³/mol. The lowest BCUT2D eigenvalue weighted by atomic mass is 9.72. The van der Waals surface area contributed by atoms with Gasteiger partial charge >= 0.3 is 0 Å². The maximum Gasteiger partial charge on any atom is 0.0740 e. The van der Waals surface area contributed by atoms with E-state index < -0.39 is 0 Å². The third-order valence-electron chi connectivity index (χ3n) is 5.61. The molecule has 0 spiro atoms. The van der Waals surface area contributed by atoms with Crippen LogP contribution >= 0.6 is 0 Å². The van der Waals surface area contributed by atoms with Crippen molar-refractivity contribution in [3.63, 3.8) is 0 Å². The summed E-state index contributed by atoms with van der Waals surface area (Å²) in [5.41, 5.74) is 16.0. The zero-order valence-electron chi connectivity index (χ0n) is 15.9. The lowest BCUT2D eigenvalue weighted by Crippen LogP contribution is -2.46. The Balaban J connectivity index is 1.87. The van der Waals surface area contributed by atoms with Crippen LogP contribution in [0.3, 0.4) is 0 Å². The zero-order valence-corrected chi connectivity index (χ0v) is 15.9. The minimum Gasteiger partial charge on any atom is -0.326 e. The van der Waals surface area contributed by atoms with Gasteiger partial charge in [-0.1, -0.05) is 67.3 Å². The normalized spacial score (nSPS) is 29.0. The Labute approximate surface area is 162 Å². The lowest BCUT2D eigenvalue weighted by Gasteiger charge is -2.36. The van der Waals surface area contributed by atoms with Gasteiger partial charge in [0.2, 0.25) is 0 Å². The molecule has 4 heteroatoms. The standard InChI is InChI=1S/C23H30N4/c1-2-3-4-5-9-12-22-18-13-15-20(24)21(25)16-14-19(18)23(27-26-22)17-10-7-6-8-11-17/h2-11,18-21H,1,12-16,24-25H2/b4-3-,9-5-. The molecular weight excluding hydrogens is 332 g/mol. The van der Waals surface area contributed by atoms with Crippen LogP contribution in [0.4, 0.5) is 0 Å². The Kier molecular flexibility index (Phi) is 6.91. The average Bonchev–Trinajstić information content (AvgIpc) is 2.70. The van der Waals surface area contributed by atoms with Crippen LogP contribution in [0.2, 0.25) is 0 Å². The third-order valence-corrected chi connectivity index (χ3v) is 5.61. The molecule has 2 aliphatic rings. The SMILES string of the molecule is C=C/C=C\C=C/CC1=NN=C(c2ccccc2)C2CCC(N)C(N)CCC12. The van der Waals surface area contributed by atoms with Crippen molar-refractivity contribution in [3.8, 4) is 0 Å². The number of hydrogen-bond acceptors (Lipinski definition) is 4. The van der Waals surface area contributed by atoms with Crippen molar-refractivity contribution in [1.29, 1.82) is 0 Å². The zero-order chi connectivity index (χ0) is 19.1. The molecule has 1 aliphatic heterocycles. The van der Waals surface area contributed by atoms with Gasteiger partial charge in [-0.15, -0.1) is 0 Å². The van der Waals surface area contributed by atoms with E-state index in [0.717, 1.165) is 43.5 Å². The Morgan fingerprint density at radius 1 is 0.889 bits per heavy atom. The van der Waals surface area contributed by atoms with Gasteiger partial charge in [-0.05, 0) is 31.2 Å². The van der Waals surface area contributed by atoms with Crippen molar-refractivity contribution in [1.82, 2.24) is 0 Å². The fraction of sp³-hybridized carbons (Fsp3) is 0.391. The summed E-state index contributed by atoms with van der Waals surface area (Å²) in [5, 5.41) is 9.30. The highest BCUT2D eigenvalue weighted by Gasteiger charge is 2.36. The lowest BCUT2D eigenvalue weighted by molar-refractivity contribution is 0.335. The number of allylic oxidation sites excluding steroid dienone is 5. The molecule has 0 aromatic heterocycles. The molecule has 1 heterocycles. The van der Waals surface area contributed by atoms with E-state index in [9.17, 15) is 0 Å². The van der Waals surface area contributed by atoms with Gasteiger partial charge in [0.25, 0.3) is 0 Å². The molecule has 1 aliphatic carbocycles. The maximum atomic E-state index is 6.29. The first-order valence-electron chi connectivity index (χ1n) is 9.85. The van der Waals surface area contributed by atoms with Crippen molar-refractivity contribution in [2.75, 3.05) is 0 Å². The Morgan fingerprint density at radius 2 is 1.59 bits per heavy atom. The number of hydrogen-bond donors (Lipinski definition) is 2. The highest BCUT2D eigenvalue weighted by atomic mass is 15.2. The molecule has 1 fully saturated rings.